The van der Waals surface area contributed by atoms with E-state index in [0.29, 0.717) is 5.78 Å². The monoisotopic (exact) mass is 240 g/mol. The highest BCUT2D eigenvalue weighted by Crippen LogP contribution is 2.27. The molecule has 0 spiro atoms. The normalized spacial score (nSPS) is 17.2. The van der Waals surface area contributed by atoms with Gasteiger partial charge >= 0.3 is 0 Å². The van der Waals surface area contributed by atoms with Crippen molar-refractivity contribution in [2.24, 2.45) is 0 Å². The average Bonchev–Trinajstić information content (AvgIpc) is 2.41. The number of ketones is 1. The van der Waals surface area contributed by atoms with Crippen molar-refractivity contribution in [3.05, 3.63) is 53.1 Å². The highest BCUT2D eigenvalue weighted by molar-refractivity contribution is 5.97. The number of hydrogen-bond acceptors (Lipinski definition) is 1. The van der Waals surface area contributed by atoms with Crippen LogP contribution in [0.3, 0.4) is 0 Å². The van der Waals surface area contributed by atoms with Gasteiger partial charge in [0.1, 0.15) is 0 Å². The Morgan fingerprint density at radius 3 is 2.61 bits per heavy atom. The number of carbonyl (C=O) groups excluding carboxylic acids is 1. The van der Waals surface area contributed by atoms with Crippen LogP contribution in [0.4, 0.5) is 0 Å². The van der Waals surface area contributed by atoms with E-state index < -0.39 is 0 Å². The third-order valence-corrected chi connectivity index (χ3v) is 3.62. The predicted molar refractivity (Wildman–Crippen MR) is 76.3 cm³/mol. The van der Waals surface area contributed by atoms with E-state index in [2.05, 4.69) is 37.3 Å². The Balaban J connectivity index is 2.36. The van der Waals surface area contributed by atoms with E-state index in [1.165, 1.54) is 16.7 Å². The molecule has 0 atom stereocenters. The molecule has 2 rings (SSSR count). The summed E-state index contributed by atoms with van der Waals surface area (Å²) in [4.78, 5) is 11.7. The van der Waals surface area contributed by atoms with E-state index in [0.717, 1.165) is 31.3 Å². The molecular weight excluding hydrogens is 220 g/mol. The lowest BCUT2D eigenvalue weighted by atomic mass is 9.89. The van der Waals surface area contributed by atoms with Crippen LogP contribution in [0.25, 0.3) is 5.57 Å². The van der Waals surface area contributed by atoms with Gasteiger partial charge in [-0.05, 0) is 48.5 Å². The fraction of sp³-hybridized carbons (Fsp3) is 0.353. The first kappa shape index (κ1) is 12.8. The largest absolute Gasteiger partial charge is 0.295 e. The van der Waals surface area contributed by atoms with Crippen LogP contribution in [0.1, 0.15) is 45.1 Å². The maximum atomic E-state index is 11.7. The van der Waals surface area contributed by atoms with Crippen LogP contribution in [0.15, 0.2) is 47.6 Å². The summed E-state index contributed by atoms with van der Waals surface area (Å²) in [7, 11) is 0. The lowest BCUT2D eigenvalue weighted by molar-refractivity contribution is -0.116. The summed E-state index contributed by atoms with van der Waals surface area (Å²) in [6.07, 6.45) is 5.97. The SMILES string of the molecule is CC/C(=C/C1=C(C)C(=O)CCC1)c1ccccc1. The number of carbonyl (C=O) groups is 1. The second-order valence-corrected chi connectivity index (χ2v) is 4.82. The molecular formula is C17H20O. The smallest absolute Gasteiger partial charge is 0.158 e. The lowest BCUT2D eigenvalue weighted by Gasteiger charge is -2.15. The van der Waals surface area contributed by atoms with Gasteiger partial charge in [0.25, 0.3) is 0 Å². The van der Waals surface area contributed by atoms with Crippen molar-refractivity contribution in [3.63, 3.8) is 0 Å². The zero-order valence-corrected chi connectivity index (χ0v) is 11.2. The number of hydrogen-bond donors (Lipinski definition) is 0. The highest BCUT2D eigenvalue weighted by Gasteiger charge is 2.15. The maximum absolute atomic E-state index is 11.7. The summed E-state index contributed by atoms with van der Waals surface area (Å²) in [5.41, 5.74) is 4.77. The van der Waals surface area contributed by atoms with Crippen LogP contribution in [0, 0.1) is 0 Å². The first-order valence-electron chi connectivity index (χ1n) is 6.71. The zero-order valence-electron chi connectivity index (χ0n) is 11.2. The Hall–Kier alpha value is -1.63. The van der Waals surface area contributed by atoms with Crippen LogP contribution in [0.5, 0.6) is 0 Å². The van der Waals surface area contributed by atoms with Crippen LogP contribution in [-0.2, 0) is 4.79 Å². The molecule has 0 fully saturated rings. The van der Waals surface area contributed by atoms with Gasteiger partial charge in [-0.2, -0.15) is 0 Å². The molecule has 0 saturated carbocycles. The second-order valence-electron chi connectivity index (χ2n) is 4.82. The molecule has 94 valence electrons. The lowest BCUT2D eigenvalue weighted by Crippen LogP contribution is -2.08. The standard InChI is InChI=1S/C17H20O/c1-3-14(15-8-5-4-6-9-15)12-16-10-7-11-17(18)13(16)2/h4-6,8-9,12H,3,7,10-11H2,1-2H3/b14-12-. The van der Waals surface area contributed by atoms with Crippen LogP contribution < -0.4 is 0 Å². The summed E-state index contributed by atoms with van der Waals surface area (Å²) in [5, 5.41) is 0. The van der Waals surface area contributed by atoms with E-state index in [9.17, 15) is 4.79 Å². The van der Waals surface area contributed by atoms with Crippen molar-refractivity contribution in [1.29, 1.82) is 0 Å². The molecule has 1 aromatic rings. The molecule has 1 aliphatic rings. The van der Waals surface area contributed by atoms with Crippen molar-refractivity contribution in [3.8, 4) is 0 Å². The van der Waals surface area contributed by atoms with Crippen LogP contribution in [0.2, 0.25) is 0 Å². The van der Waals surface area contributed by atoms with Crippen molar-refractivity contribution < 1.29 is 4.79 Å². The zero-order chi connectivity index (χ0) is 13.0. The Bertz CT molecular complexity index is 492. The minimum atomic E-state index is 0.316. The van der Waals surface area contributed by atoms with Gasteiger partial charge in [0.15, 0.2) is 5.78 Å². The summed E-state index contributed by atoms with van der Waals surface area (Å²) in [6.45, 7) is 4.13. The molecule has 0 bridgehead atoms. The average molecular weight is 240 g/mol. The van der Waals surface area contributed by atoms with Crippen molar-refractivity contribution >= 4 is 11.4 Å². The molecule has 1 aromatic carbocycles. The van der Waals surface area contributed by atoms with Gasteiger partial charge in [-0.25, -0.2) is 0 Å². The molecule has 0 unspecified atom stereocenters. The van der Waals surface area contributed by atoms with E-state index in [1.807, 2.05) is 13.0 Å². The quantitative estimate of drug-likeness (QED) is 0.757. The molecule has 0 amide bonds. The van der Waals surface area contributed by atoms with Gasteiger partial charge in [0.2, 0.25) is 0 Å². The Morgan fingerprint density at radius 1 is 1.22 bits per heavy atom. The van der Waals surface area contributed by atoms with Gasteiger partial charge in [-0.1, -0.05) is 43.3 Å². The van der Waals surface area contributed by atoms with Gasteiger partial charge in [-0.15, -0.1) is 0 Å². The van der Waals surface area contributed by atoms with E-state index in [4.69, 9.17) is 0 Å². The highest BCUT2D eigenvalue weighted by atomic mass is 16.1. The van der Waals surface area contributed by atoms with Gasteiger partial charge in [0, 0.05) is 6.42 Å². The van der Waals surface area contributed by atoms with Gasteiger partial charge < -0.3 is 0 Å². The minimum Gasteiger partial charge on any atom is -0.295 e. The Kier molecular flexibility index (Phi) is 4.14. The number of Topliss-reactive ketones (excluding diaryl/α,β-unsaturated/α-hetero) is 1. The Morgan fingerprint density at radius 2 is 1.94 bits per heavy atom. The third-order valence-electron chi connectivity index (χ3n) is 3.62. The fourth-order valence-corrected chi connectivity index (χ4v) is 2.43. The van der Waals surface area contributed by atoms with Crippen molar-refractivity contribution in [2.45, 2.75) is 39.5 Å². The van der Waals surface area contributed by atoms with Crippen molar-refractivity contribution in [2.75, 3.05) is 0 Å². The maximum Gasteiger partial charge on any atom is 0.158 e. The summed E-state index contributed by atoms with van der Waals surface area (Å²) in [6, 6.07) is 10.4. The molecule has 18 heavy (non-hydrogen) atoms. The van der Waals surface area contributed by atoms with Gasteiger partial charge in [-0.3, -0.25) is 4.79 Å². The minimum absolute atomic E-state index is 0.316. The molecule has 0 aliphatic heterocycles. The third kappa shape index (κ3) is 2.79. The first-order chi connectivity index (χ1) is 8.72. The molecule has 0 heterocycles. The topological polar surface area (TPSA) is 17.1 Å². The van der Waals surface area contributed by atoms with E-state index in [1.54, 1.807) is 0 Å². The number of allylic oxidation sites excluding steroid dienone is 4. The van der Waals surface area contributed by atoms with E-state index in [-0.39, 0.29) is 0 Å². The molecule has 0 N–H and O–H groups in total. The second kappa shape index (κ2) is 5.81. The number of benzene rings is 1. The van der Waals surface area contributed by atoms with E-state index >= 15 is 0 Å². The number of rotatable bonds is 3. The van der Waals surface area contributed by atoms with Crippen LogP contribution in [-0.4, -0.2) is 5.78 Å². The summed E-state index contributed by atoms with van der Waals surface area (Å²) in [5.74, 6) is 0.316. The van der Waals surface area contributed by atoms with Crippen LogP contribution >= 0.6 is 0 Å². The Labute approximate surface area is 109 Å². The molecule has 1 heteroatoms. The molecule has 0 aromatic heterocycles. The van der Waals surface area contributed by atoms with Gasteiger partial charge in [0.05, 0.1) is 0 Å². The molecule has 0 radical (unpaired) electrons. The first-order valence-corrected chi connectivity index (χ1v) is 6.71. The van der Waals surface area contributed by atoms with Crippen molar-refractivity contribution in [1.82, 2.24) is 0 Å². The predicted octanol–water partition coefficient (Wildman–Crippen LogP) is 4.55. The summed E-state index contributed by atoms with van der Waals surface area (Å²) >= 11 is 0. The molecule has 1 nitrogen and oxygen atoms in total. The fourth-order valence-electron chi connectivity index (χ4n) is 2.43. The summed E-state index contributed by atoms with van der Waals surface area (Å²) < 4.78 is 0. The molecule has 1 aliphatic carbocycles. The molecule has 0 saturated heterocycles.